The molecule has 5 aromatic rings. The van der Waals surface area contributed by atoms with Gasteiger partial charge in [-0.15, -0.1) is 0 Å². The van der Waals surface area contributed by atoms with E-state index in [4.69, 9.17) is 17.8 Å². The second-order valence-electron chi connectivity index (χ2n) is 5.07. The van der Waals surface area contributed by atoms with Gasteiger partial charge in [-0.1, -0.05) is 70.3 Å². The van der Waals surface area contributed by atoms with E-state index in [2.05, 4.69) is 25.9 Å². The zero-order valence-corrected chi connectivity index (χ0v) is 13.9. The molecule has 0 N–H and O–H groups in total. The lowest BCUT2D eigenvalue weighted by atomic mass is 10.0. The lowest BCUT2D eigenvalue weighted by Crippen LogP contribution is -1.90. The standard InChI is InChI=1S/C22H13BrN2/c23-19-11-10-18(16-5-1-2-6-17(16)19)20-12-9-15-8-7-14-4-3-13-24-21(14)22(15)25-20/h1-13H/i1D,2D,3D,4D,5D,6D,7D,8D,9D,10D,11D,12D,13D. The molecule has 118 valence electrons. The van der Waals surface area contributed by atoms with Gasteiger partial charge in [-0.25, -0.2) is 4.98 Å². The number of hydrogen-bond donors (Lipinski definition) is 0. The predicted octanol–water partition coefficient (Wildman–Crippen LogP) is 6.37. The lowest BCUT2D eigenvalue weighted by molar-refractivity contribution is 1.37. The van der Waals surface area contributed by atoms with Gasteiger partial charge in [0.1, 0.15) is 0 Å². The molecule has 3 heteroatoms. The van der Waals surface area contributed by atoms with Crippen molar-refractivity contribution in [2.75, 3.05) is 0 Å². The fraction of sp³-hybridized carbons (Fsp3) is 0. The quantitative estimate of drug-likeness (QED) is 0.307. The average Bonchev–Trinajstić information content (AvgIpc) is 2.88. The second-order valence-corrected chi connectivity index (χ2v) is 5.86. The molecule has 0 saturated heterocycles. The largest absolute Gasteiger partial charge is 0.254 e. The first kappa shape index (κ1) is 6.50. The van der Waals surface area contributed by atoms with E-state index < -0.39 is 84.4 Å². The van der Waals surface area contributed by atoms with Crippen LogP contribution < -0.4 is 0 Å². The SMILES string of the molecule is [2H]c1nc2c(c([2H])c1[2H])c([2H])c([2H])c1c([2H])c([2H])c(-c3c([2H])c([2H])c(Br)c4c([2H])c([2H])c([2H])c([2H])c34)nc12. The molecular weight excluding hydrogens is 372 g/mol. The fourth-order valence-electron chi connectivity index (χ4n) is 2.52. The number of fused-ring (bicyclic) bond motifs is 4. The first-order valence-electron chi connectivity index (χ1n) is 13.6. The van der Waals surface area contributed by atoms with Crippen LogP contribution in [0.2, 0.25) is 0 Å². The van der Waals surface area contributed by atoms with Crippen molar-refractivity contribution in [3.05, 3.63) is 83.2 Å². The topological polar surface area (TPSA) is 25.8 Å². The van der Waals surface area contributed by atoms with Gasteiger partial charge in [0.2, 0.25) is 0 Å². The van der Waals surface area contributed by atoms with Crippen molar-refractivity contribution in [1.82, 2.24) is 9.97 Å². The highest BCUT2D eigenvalue weighted by atomic mass is 79.9. The van der Waals surface area contributed by atoms with Gasteiger partial charge in [-0.2, -0.15) is 0 Å². The van der Waals surface area contributed by atoms with Crippen LogP contribution in [0.3, 0.4) is 0 Å². The highest BCUT2D eigenvalue weighted by molar-refractivity contribution is 9.10. The number of rotatable bonds is 1. The third kappa shape index (κ3) is 2.31. The first-order chi connectivity index (χ1) is 17.7. The molecule has 25 heavy (non-hydrogen) atoms. The Kier molecular flexibility index (Phi) is 1.47. The Bertz CT molecular complexity index is 1920. The minimum atomic E-state index is -0.622. The number of nitrogens with zero attached hydrogens (tertiary/aromatic N) is 2. The monoisotopic (exact) mass is 397 g/mol. The number of aromatic nitrogens is 2. The van der Waals surface area contributed by atoms with Gasteiger partial charge in [0.15, 0.2) is 0 Å². The average molecular weight is 398 g/mol. The first-order valence-corrected chi connectivity index (χ1v) is 7.88. The number of pyridine rings is 2. The van der Waals surface area contributed by atoms with Gasteiger partial charge in [0.05, 0.1) is 34.5 Å². The molecule has 0 aliphatic heterocycles. The van der Waals surface area contributed by atoms with E-state index in [-0.39, 0.29) is 42.6 Å². The maximum absolute atomic E-state index is 8.66. The summed E-state index contributed by atoms with van der Waals surface area (Å²) >= 11 is 3.15. The molecular formula is C22H13BrN2. The van der Waals surface area contributed by atoms with Crippen LogP contribution >= 0.6 is 15.9 Å². The van der Waals surface area contributed by atoms with Crippen molar-refractivity contribution in [2.24, 2.45) is 0 Å². The van der Waals surface area contributed by atoms with E-state index in [1.807, 2.05) is 0 Å². The summed E-state index contributed by atoms with van der Waals surface area (Å²) in [6.07, 6.45) is -0.608. The van der Waals surface area contributed by atoms with Crippen molar-refractivity contribution >= 4 is 48.5 Å². The summed E-state index contributed by atoms with van der Waals surface area (Å²) in [6.45, 7) is 0. The molecule has 0 unspecified atom stereocenters. The summed E-state index contributed by atoms with van der Waals surface area (Å²) in [5, 5.41) is -0.860. The van der Waals surface area contributed by atoms with Crippen molar-refractivity contribution in [1.29, 1.82) is 0 Å². The second kappa shape index (κ2) is 5.64. The molecule has 0 aliphatic carbocycles. The predicted molar refractivity (Wildman–Crippen MR) is 108 cm³/mol. The summed E-state index contributed by atoms with van der Waals surface area (Å²) in [6, 6.07) is -6.62. The number of hydrogen-bond acceptors (Lipinski definition) is 2. The summed E-state index contributed by atoms with van der Waals surface area (Å²) in [5.74, 6) is 0. The highest BCUT2D eigenvalue weighted by Crippen LogP contribution is 2.33. The molecule has 3 aromatic carbocycles. The Balaban J connectivity index is 2.10. The van der Waals surface area contributed by atoms with Gasteiger partial charge in [-0.05, 0) is 28.9 Å². The fourth-order valence-corrected chi connectivity index (χ4v) is 2.91. The van der Waals surface area contributed by atoms with E-state index in [1.54, 1.807) is 0 Å². The molecule has 0 aliphatic rings. The van der Waals surface area contributed by atoms with Gasteiger partial charge >= 0.3 is 0 Å². The lowest BCUT2D eigenvalue weighted by Gasteiger charge is -2.09. The summed E-state index contributed by atoms with van der Waals surface area (Å²) in [5.41, 5.74) is -1.20. The molecule has 0 saturated carbocycles. The number of halogens is 1. The molecule has 0 amide bonds. The molecule has 2 heterocycles. The zero-order valence-electron chi connectivity index (χ0n) is 25.3. The van der Waals surface area contributed by atoms with Crippen LogP contribution in [0.5, 0.6) is 0 Å². The Morgan fingerprint density at radius 3 is 2.36 bits per heavy atom. The van der Waals surface area contributed by atoms with E-state index >= 15 is 0 Å². The third-order valence-electron chi connectivity index (χ3n) is 3.64. The summed E-state index contributed by atoms with van der Waals surface area (Å²) < 4.78 is 108. The highest BCUT2D eigenvalue weighted by Gasteiger charge is 2.10. The zero-order chi connectivity index (χ0) is 28.1. The minimum absolute atomic E-state index is 0.0632. The van der Waals surface area contributed by atoms with Crippen LogP contribution in [0.1, 0.15) is 17.8 Å². The molecule has 0 fully saturated rings. The van der Waals surface area contributed by atoms with E-state index in [9.17, 15) is 0 Å². The maximum atomic E-state index is 8.66. The summed E-state index contributed by atoms with van der Waals surface area (Å²) in [4.78, 5) is 8.36. The van der Waals surface area contributed by atoms with E-state index in [0.29, 0.717) is 0 Å². The van der Waals surface area contributed by atoms with Gasteiger partial charge in [-0.3, -0.25) is 4.98 Å². The molecule has 0 bridgehead atoms. The van der Waals surface area contributed by atoms with Crippen LogP contribution in [-0.2, 0) is 0 Å². The number of benzene rings is 3. The van der Waals surface area contributed by atoms with E-state index in [0.717, 1.165) is 0 Å². The smallest absolute Gasteiger partial charge is 0.0972 e. The maximum Gasteiger partial charge on any atom is 0.0972 e. The van der Waals surface area contributed by atoms with E-state index in [1.165, 1.54) is 0 Å². The Morgan fingerprint density at radius 2 is 1.48 bits per heavy atom. The van der Waals surface area contributed by atoms with Crippen LogP contribution in [0, 0.1) is 0 Å². The van der Waals surface area contributed by atoms with Crippen LogP contribution in [0.25, 0.3) is 43.8 Å². The van der Waals surface area contributed by atoms with Crippen molar-refractivity contribution < 1.29 is 17.8 Å². The van der Waals surface area contributed by atoms with Crippen LogP contribution in [0.15, 0.2) is 83.2 Å². The third-order valence-corrected chi connectivity index (χ3v) is 4.24. The van der Waals surface area contributed by atoms with Gasteiger partial charge < -0.3 is 0 Å². The molecule has 0 spiro atoms. The normalized spacial score (nSPS) is 18.7. The van der Waals surface area contributed by atoms with Gasteiger partial charge in [0, 0.05) is 27.0 Å². The summed E-state index contributed by atoms with van der Waals surface area (Å²) in [7, 11) is 0. The van der Waals surface area contributed by atoms with Crippen LogP contribution in [0.4, 0.5) is 0 Å². The molecule has 0 atom stereocenters. The molecule has 2 nitrogen and oxygen atoms in total. The minimum Gasteiger partial charge on any atom is -0.254 e. The Hall–Kier alpha value is -2.78. The molecule has 2 aromatic heterocycles. The van der Waals surface area contributed by atoms with Crippen molar-refractivity contribution in [2.45, 2.75) is 0 Å². The van der Waals surface area contributed by atoms with Crippen molar-refractivity contribution in [3.8, 4) is 11.3 Å². The molecule has 0 radical (unpaired) electrons. The van der Waals surface area contributed by atoms with Crippen molar-refractivity contribution in [3.63, 3.8) is 0 Å². The Morgan fingerprint density at radius 1 is 0.720 bits per heavy atom. The molecule has 5 rings (SSSR count). The van der Waals surface area contributed by atoms with Crippen LogP contribution in [-0.4, -0.2) is 9.97 Å². The Labute approximate surface area is 171 Å². The van der Waals surface area contributed by atoms with Gasteiger partial charge in [0.25, 0.3) is 0 Å².